The predicted molar refractivity (Wildman–Crippen MR) is 87.0 cm³/mol. The van der Waals surface area contributed by atoms with Gasteiger partial charge in [0.15, 0.2) is 0 Å². The number of carbonyl (C=O) groups is 2. The van der Waals surface area contributed by atoms with Crippen molar-refractivity contribution in [2.75, 3.05) is 26.2 Å². The van der Waals surface area contributed by atoms with Crippen LogP contribution in [0, 0.1) is 6.92 Å². The zero-order valence-corrected chi connectivity index (χ0v) is 13.6. The lowest BCUT2D eigenvalue weighted by Gasteiger charge is -2.32. The Kier molecular flexibility index (Phi) is 4.88. The highest BCUT2D eigenvalue weighted by Crippen LogP contribution is 2.21. The zero-order valence-electron chi connectivity index (χ0n) is 13.6. The van der Waals surface area contributed by atoms with Crippen LogP contribution in [0.25, 0.3) is 11.5 Å². The van der Waals surface area contributed by atoms with Crippen LogP contribution in [0.1, 0.15) is 17.9 Å². The molecule has 0 aliphatic carbocycles. The first-order chi connectivity index (χ1) is 11.7. The lowest BCUT2D eigenvalue weighted by Crippen LogP contribution is -2.48. The highest BCUT2D eigenvalue weighted by molar-refractivity contribution is 5.76. The molecule has 1 aromatic heterocycles. The van der Waals surface area contributed by atoms with E-state index in [2.05, 4.69) is 10.2 Å². The number of amides is 2. The third kappa shape index (κ3) is 3.61. The topological polar surface area (TPSA) is 79.5 Å². The Morgan fingerprint density at radius 2 is 1.96 bits per heavy atom. The number of nitrogens with zero attached hydrogens (tertiary/aromatic N) is 4. The average molecular weight is 328 g/mol. The van der Waals surface area contributed by atoms with E-state index in [-0.39, 0.29) is 5.91 Å². The lowest BCUT2D eigenvalue weighted by molar-refractivity contribution is -0.135. The van der Waals surface area contributed by atoms with E-state index in [0.29, 0.717) is 50.8 Å². The fraction of sp³-hybridized carbons (Fsp3) is 0.412. The molecule has 2 amide bonds. The second-order valence-electron chi connectivity index (χ2n) is 5.84. The van der Waals surface area contributed by atoms with Gasteiger partial charge < -0.3 is 14.2 Å². The second-order valence-corrected chi connectivity index (χ2v) is 5.84. The Hall–Kier alpha value is -2.70. The Labute approximate surface area is 140 Å². The highest BCUT2D eigenvalue weighted by Gasteiger charge is 2.20. The summed E-state index contributed by atoms with van der Waals surface area (Å²) >= 11 is 0. The van der Waals surface area contributed by atoms with Gasteiger partial charge in [-0.3, -0.25) is 9.59 Å². The Morgan fingerprint density at radius 1 is 1.21 bits per heavy atom. The number of benzene rings is 1. The Bertz CT molecular complexity index is 720. The number of hydrogen-bond acceptors (Lipinski definition) is 5. The number of rotatable bonds is 5. The summed E-state index contributed by atoms with van der Waals surface area (Å²) < 4.78 is 5.68. The minimum absolute atomic E-state index is 0.0520. The van der Waals surface area contributed by atoms with Gasteiger partial charge in [0.2, 0.25) is 24.1 Å². The molecule has 0 N–H and O–H groups in total. The van der Waals surface area contributed by atoms with Crippen molar-refractivity contribution < 1.29 is 14.0 Å². The van der Waals surface area contributed by atoms with Crippen molar-refractivity contribution in [2.24, 2.45) is 0 Å². The summed E-state index contributed by atoms with van der Waals surface area (Å²) in [5.74, 6) is 1.000. The van der Waals surface area contributed by atoms with Crippen molar-refractivity contribution in [2.45, 2.75) is 19.8 Å². The summed E-state index contributed by atoms with van der Waals surface area (Å²) in [5, 5.41) is 8.11. The fourth-order valence-corrected chi connectivity index (χ4v) is 2.73. The highest BCUT2D eigenvalue weighted by atomic mass is 16.4. The third-order valence-corrected chi connectivity index (χ3v) is 4.21. The van der Waals surface area contributed by atoms with Crippen LogP contribution in [0.3, 0.4) is 0 Å². The monoisotopic (exact) mass is 328 g/mol. The normalized spacial score (nSPS) is 14.7. The molecule has 0 spiro atoms. The molecule has 0 bridgehead atoms. The van der Waals surface area contributed by atoms with Gasteiger partial charge in [-0.15, -0.1) is 10.2 Å². The van der Waals surface area contributed by atoms with Gasteiger partial charge in [-0.25, -0.2) is 0 Å². The van der Waals surface area contributed by atoms with Gasteiger partial charge in [0.25, 0.3) is 0 Å². The predicted octanol–water partition coefficient (Wildman–Crippen LogP) is 1.28. The number of carbonyl (C=O) groups excluding carboxylic acids is 2. The summed E-state index contributed by atoms with van der Waals surface area (Å²) in [7, 11) is 0. The molecule has 1 aliphatic heterocycles. The standard InChI is InChI=1S/C17H20N4O3/c1-13-4-2-3-5-14(13)17-19-18-15(24-17)6-7-16(23)21-10-8-20(12-22)9-11-21/h2-5,12H,6-11H2,1H3. The molecule has 2 aromatic rings. The van der Waals surface area contributed by atoms with Gasteiger partial charge in [0, 0.05) is 44.6 Å². The molecular weight excluding hydrogens is 308 g/mol. The molecule has 126 valence electrons. The van der Waals surface area contributed by atoms with Crippen molar-refractivity contribution >= 4 is 12.3 Å². The van der Waals surface area contributed by atoms with Crippen molar-refractivity contribution in [3.63, 3.8) is 0 Å². The molecule has 0 saturated carbocycles. The van der Waals surface area contributed by atoms with E-state index in [0.717, 1.165) is 17.5 Å². The Balaban J connectivity index is 1.55. The van der Waals surface area contributed by atoms with E-state index >= 15 is 0 Å². The molecule has 3 rings (SSSR count). The van der Waals surface area contributed by atoms with E-state index in [9.17, 15) is 9.59 Å². The minimum atomic E-state index is 0.0520. The smallest absolute Gasteiger partial charge is 0.247 e. The van der Waals surface area contributed by atoms with Crippen LogP contribution in [0.2, 0.25) is 0 Å². The van der Waals surface area contributed by atoms with Gasteiger partial charge in [-0.2, -0.15) is 0 Å². The molecule has 7 nitrogen and oxygen atoms in total. The second kappa shape index (κ2) is 7.25. The van der Waals surface area contributed by atoms with Crippen LogP contribution in [0.4, 0.5) is 0 Å². The van der Waals surface area contributed by atoms with Crippen LogP contribution in [0.15, 0.2) is 28.7 Å². The van der Waals surface area contributed by atoms with E-state index in [1.807, 2.05) is 31.2 Å². The van der Waals surface area contributed by atoms with E-state index in [4.69, 9.17) is 4.42 Å². The van der Waals surface area contributed by atoms with Crippen LogP contribution in [0.5, 0.6) is 0 Å². The van der Waals surface area contributed by atoms with E-state index < -0.39 is 0 Å². The number of aryl methyl sites for hydroxylation is 2. The molecule has 7 heteroatoms. The number of hydrogen-bond donors (Lipinski definition) is 0. The molecule has 0 atom stereocenters. The summed E-state index contributed by atoms with van der Waals surface area (Å²) in [6.45, 7) is 4.33. The van der Waals surface area contributed by atoms with Crippen LogP contribution >= 0.6 is 0 Å². The zero-order chi connectivity index (χ0) is 16.9. The van der Waals surface area contributed by atoms with Gasteiger partial charge in [0.05, 0.1) is 0 Å². The van der Waals surface area contributed by atoms with Crippen molar-refractivity contribution in [3.05, 3.63) is 35.7 Å². The number of piperazine rings is 1. The van der Waals surface area contributed by atoms with Crippen LogP contribution < -0.4 is 0 Å². The van der Waals surface area contributed by atoms with E-state index in [1.165, 1.54) is 0 Å². The van der Waals surface area contributed by atoms with Crippen LogP contribution in [-0.2, 0) is 16.0 Å². The minimum Gasteiger partial charge on any atom is -0.421 e. The molecule has 1 fully saturated rings. The molecular formula is C17H20N4O3. The molecule has 2 heterocycles. The maximum absolute atomic E-state index is 12.2. The maximum Gasteiger partial charge on any atom is 0.247 e. The molecule has 0 unspecified atom stereocenters. The van der Waals surface area contributed by atoms with Crippen LogP contribution in [-0.4, -0.2) is 58.5 Å². The van der Waals surface area contributed by atoms with Gasteiger partial charge in [-0.05, 0) is 18.6 Å². The van der Waals surface area contributed by atoms with Crippen molar-refractivity contribution in [1.82, 2.24) is 20.0 Å². The lowest BCUT2D eigenvalue weighted by atomic mass is 10.1. The summed E-state index contributed by atoms with van der Waals surface area (Å²) in [4.78, 5) is 26.4. The first-order valence-corrected chi connectivity index (χ1v) is 8.03. The maximum atomic E-state index is 12.2. The van der Waals surface area contributed by atoms with Gasteiger partial charge in [0.1, 0.15) is 0 Å². The fourth-order valence-electron chi connectivity index (χ4n) is 2.73. The van der Waals surface area contributed by atoms with Gasteiger partial charge in [-0.1, -0.05) is 18.2 Å². The van der Waals surface area contributed by atoms with E-state index in [1.54, 1.807) is 9.80 Å². The first-order valence-electron chi connectivity index (χ1n) is 8.03. The molecule has 0 radical (unpaired) electrons. The van der Waals surface area contributed by atoms with Crippen molar-refractivity contribution in [3.8, 4) is 11.5 Å². The Morgan fingerprint density at radius 3 is 2.67 bits per heavy atom. The molecule has 1 saturated heterocycles. The summed E-state index contributed by atoms with van der Waals surface area (Å²) in [6, 6.07) is 7.81. The molecule has 1 aromatic carbocycles. The molecule has 1 aliphatic rings. The summed E-state index contributed by atoms with van der Waals surface area (Å²) in [6.07, 6.45) is 1.58. The number of aromatic nitrogens is 2. The SMILES string of the molecule is Cc1ccccc1-c1nnc(CCC(=O)N2CCN(C=O)CC2)o1. The quantitative estimate of drug-likeness (QED) is 0.773. The van der Waals surface area contributed by atoms with Gasteiger partial charge >= 0.3 is 0 Å². The summed E-state index contributed by atoms with van der Waals surface area (Å²) in [5.41, 5.74) is 1.98. The van der Waals surface area contributed by atoms with Crippen molar-refractivity contribution in [1.29, 1.82) is 0 Å². The third-order valence-electron chi connectivity index (χ3n) is 4.21. The molecule has 24 heavy (non-hydrogen) atoms. The average Bonchev–Trinajstić information content (AvgIpc) is 3.09. The largest absolute Gasteiger partial charge is 0.421 e. The first kappa shape index (κ1) is 16.2.